The molecular weight excluding hydrogens is 210 g/mol. The van der Waals surface area contributed by atoms with Crippen molar-refractivity contribution >= 4 is 17.6 Å². The molecule has 0 saturated heterocycles. The molecule has 0 aliphatic carbocycles. The molecule has 15 heavy (non-hydrogen) atoms. The first-order valence-electron chi connectivity index (χ1n) is 4.98. The van der Waals surface area contributed by atoms with Crippen molar-refractivity contribution in [3.05, 3.63) is 23.7 Å². The molecule has 84 valence electrons. The second-order valence-corrected chi connectivity index (χ2v) is 6.19. The molecule has 0 radical (unpaired) electrons. The zero-order chi connectivity index (χ0) is 11.5. The highest BCUT2D eigenvalue weighted by Crippen LogP contribution is 2.17. The maximum atomic E-state index is 11.6. The zero-order valence-electron chi connectivity index (χ0n) is 9.61. The third-order valence-corrected chi connectivity index (χ3v) is 3.18. The summed E-state index contributed by atoms with van der Waals surface area (Å²) in [5.41, 5.74) is 0. The van der Waals surface area contributed by atoms with Crippen molar-refractivity contribution in [1.29, 1.82) is 0 Å². The van der Waals surface area contributed by atoms with E-state index in [9.17, 15) is 4.55 Å². The quantitative estimate of drug-likeness (QED) is 0.589. The van der Waals surface area contributed by atoms with E-state index in [4.69, 9.17) is 4.42 Å². The summed E-state index contributed by atoms with van der Waals surface area (Å²) in [6.45, 7) is 7.69. The Morgan fingerprint density at radius 1 is 1.47 bits per heavy atom. The van der Waals surface area contributed by atoms with E-state index in [2.05, 4.69) is 4.40 Å². The van der Waals surface area contributed by atoms with Gasteiger partial charge in [0.15, 0.2) is 0 Å². The molecule has 3 nitrogen and oxygen atoms in total. The Morgan fingerprint density at radius 3 is 2.60 bits per heavy atom. The molecule has 1 unspecified atom stereocenters. The molecule has 0 aliphatic heterocycles. The second kappa shape index (κ2) is 4.86. The van der Waals surface area contributed by atoms with Gasteiger partial charge in [-0.1, -0.05) is 11.3 Å². The van der Waals surface area contributed by atoms with E-state index in [1.54, 1.807) is 0 Å². The summed E-state index contributed by atoms with van der Waals surface area (Å²) >= 11 is -1.22. The maximum absolute atomic E-state index is 11.6. The lowest BCUT2D eigenvalue weighted by Gasteiger charge is -2.17. The Labute approximate surface area is 93.9 Å². The van der Waals surface area contributed by atoms with Crippen LogP contribution in [-0.2, 0) is 17.8 Å². The predicted octanol–water partition coefficient (Wildman–Crippen LogP) is 2.72. The van der Waals surface area contributed by atoms with E-state index in [1.165, 1.54) is 6.21 Å². The van der Waals surface area contributed by atoms with Crippen molar-refractivity contribution in [2.45, 2.75) is 38.9 Å². The van der Waals surface area contributed by atoms with Crippen LogP contribution >= 0.6 is 0 Å². The highest BCUT2D eigenvalue weighted by atomic mass is 32.2. The summed E-state index contributed by atoms with van der Waals surface area (Å²) in [7, 11) is 0. The number of rotatable bonds is 3. The van der Waals surface area contributed by atoms with Gasteiger partial charge in [0.1, 0.15) is 33.8 Å². The fourth-order valence-corrected chi connectivity index (χ4v) is 1.43. The highest BCUT2D eigenvalue weighted by Gasteiger charge is 2.25. The standard InChI is InChI=1S/C11H17NO2S/c1-5-9-6-7-10(14-9)8-12-15(13)11(2,3)4/h6-8H,5H2,1-4H3. The van der Waals surface area contributed by atoms with Crippen LogP contribution in [0.3, 0.4) is 0 Å². The van der Waals surface area contributed by atoms with Crippen LogP contribution in [0.2, 0.25) is 0 Å². The van der Waals surface area contributed by atoms with Gasteiger partial charge in [0, 0.05) is 6.42 Å². The van der Waals surface area contributed by atoms with E-state index >= 15 is 0 Å². The van der Waals surface area contributed by atoms with Crippen molar-refractivity contribution in [3.8, 4) is 0 Å². The number of hydrogen-bond acceptors (Lipinski definition) is 3. The minimum atomic E-state index is -1.22. The average molecular weight is 227 g/mol. The lowest BCUT2D eigenvalue weighted by atomic mass is 10.3. The van der Waals surface area contributed by atoms with Crippen molar-refractivity contribution in [2.75, 3.05) is 0 Å². The molecule has 0 aromatic carbocycles. The molecule has 0 fully saturated rings. The summed E-state index contributed by atoms with van der Waals surface area (Å²) in [5.74, 6) is 1.57. The Balaban J connectivity index is 2.65. The van der Waals surface area contributed by atoms with Crippen LogP contribution in [0.5, 0.6) is 0 Å². The average Bonchev–Trinajstić information content (AvgIpc) is 2.60. The maximum Gasteiger partial charge on any atom is 0.149 e. The van der Waals surface area contributed by atoms with Gasteiger partial charge in [-0.05, 0) is 32.9 Å². The van der Waals surface area contributed by atoms with E-state index in [0.717, 1.165) is 12.2 Å². The van der Waals surface area contributed by atoms with Gasteiger partial charge in [-0.3, -0.25) is 0 Å². The molecular formula is C11H17NO2S. The van der Waals surface area contributed by atoms with E-state index in [1.807, 2.05) is 39.8 Å². The molecule has 1 aromatic heterocycles. The van der Waals surface area contributed by atoms with Crippen LogP contribution in [0, 0.1) is 0 Å². The highest BCUT2D eigenvalue weighted by molar-refractivity contribution is 7.91. The smallest absolute Gasteiger partial charge is 0.149 e. The minimum absolute atomic E-state index is 0.323. The fourth-order valence-electron chi connectivity index (χ4n) is 0.912. The summed E-state index contributed by atoms with van der Waals surface area (Å²) in [4.78, 5) is 0. The number of hydrogen-bond donors (Lipinski definition) is 0. The lowest BCUT2D eigenvalue weighted by molar-refractivity contribution is 0.510. The van der Waals surface area contributed by atoms with Gasteiger partial charge in [-0.25, -0.2) is 0 Å². The monoisotopic (exact) mass is 227 g/mol. The molecule has 0 spiro atoms. The third-order valence-electron chi connectivity index (χ3n) is 1.83. The van der Waals surface area contributed by atoms with Crippen LogP contribution in [0.4, 0.5) is 0 Å². The predicted molar refractivity (Wildman–Crippen MR) is 63.6 cm³/mol. The van der Waals surface area contributed by atoms with Crippen LogP contribution in [0.1, 0.15) is 39.2 Å². The first-order valence-corrected chi connectivity index (χ1v) is 6.09. The van der Waals surface area contributed by atoms with E-state index in [-0.39, 0.29) is 4.75 Å². The normalized spacial score (nSPS) is 14.7. The Hall–Kier alpha value is -0.740. The molecule has 1 atom stereocenters. The third kappa shape index (κ3) is 3.72. The summed E-state index contributed by atoms with van der Waals surface area (Å²) in [5, 5.41) is 0. The second-order valence-electron chi connectivity index (χ2n) is 4.25. The fraction of sp³-hybridized carbons (Fsp3) is 0.545. The first-order chi connectivity index (χ1) is 6.93. The van der Waals surface area contributed by atoms with Gasteiger partial charge < -0.3 is 8.97 Å². The molecule has 0 N–H and O–H groups in total. The van der Waals surface area contributed by atoms with E-state index in [0.29, 0.717) is 5.76 Å². The number of aryl methyl sites for hydroxylation is 1. The number of furan rings is 1. The van der Waals surface area contributed by atoms with Crippen molar-refractivity contribution in [3.63, 3.8) is 0 Å². The van der Waals surface area contributed by atoms with Crippen LogP contribution in [0.25, 0.3) is 0 Å². The Kier molecular flexibility index (Phi) is 3.99. The summed E-state index contributed by atoms with van der Waals surface area (Å²) in [6, 6.07) is 3.74. The van der Waals surface area contributed by atoms with Crippen molar-refractivity contribution < 1.29 is 8.97 Å². The minimum Gasteiger partial charge on any atom is -0.591 e. The summed E-state index contributed by atoms with van der Waals surface area (Å²) < 4.78 is 20.6. The lowest BCUT2D eigenvalue weighted by Crippen LogP contribution is -2.25. The van der Waals surface area contributed by atoms with Gasteiger partial charge >= 0.3 is 0 Å². The Morgan fingerprint density at radius 2 is 2.13 bits per heavy atom. The number of nitrogens with zero attached hydrogens (tertiary/aromatic N) is 1. The SMILES string of the molecule is CCc1ccc(C=N[S+]([O-])C(C)(C)C)o1. The summed E-state index contributed by atoms with van der Waals surface area (Å²) in [6.07, 6.45) is 2.39. The molecule has 0 aliphatic rings. The van der Waals surface area contributed by atoms with Crippen LogP contribution in [-0.4, -0.2) is 15.5 Å². The zero-order valence-corrected chi connectivity index (χ0v) is 10.4. The molecule has 0 amide bonds. The van der Waals surface area contributed by atoms with Crippen LogP contribution < -0.4 is 0 Å². The van der Waals surface area contributed by atoms with Gasteiger partial charge in [-0.2, -0.15) is 0 Å². The van der Waals surface area contributed by atoms with Crippen LogP contribution in [0.15, 0.2) is 20.9 Å². The largest absolute Gasteiger partial charge is 0.591 e. The van der Waals surface area contributed by atoms with Gasteiger partial charge in [-0.15, -0.1) is 0 Å². The topological polar surface area (TPSA) is 48.6 Å². The van der Waals surface area contributed by atoms with Gasteiger partial charge in [0.2, 0.25) is 0 Å². The molecule has 1 aromatic rings. The molecule has 1 heterocycles. The Bertz CT molecular complexity index is 339. The first kappa shape index (κ1) is 12.3. The molecule has 0 saturated carbocycles. The van der Waals surface area contributed by atoms with Crippen molar-refractivity contribution in [2.24, 2.45) is 4.40 Å². The molecule has 0 bridgehead atoms. The van der Waals surface area contributed by atoms with Gasteiger partial charge in [0.05, 0.1) is 0 Å². The molecule has 4 heteroatoms. The van der Waals surface area contributed by atoms with E-state index < -0.39 is 11.4 Å². The molecule has 1 rings (SSSR count). The van der Waals surface area contributed by atoms with Gasteiger partial charge in [0.25, 0.3) is 0 Å². The van der Waals surface area contributed by atoms with Crippen molar-refractivity contribution in [1.82, 2.24) is 0 Å².